The van der Waals surface area contributed by atoms with Gasteiger partial charge in [-0.05, 0) is 24.6 Å². The summed E-state index contributed by atoms with van der Waals surface area (Å²) in [5.41, 5.74) is 8.35. The first kappa shape index (κ1) is 7.79. The zero-order chi connectivity index (χ0) is 9.42. The van der Waals surface area contributed by atoms with Gasteiger partial charge < -0.3 is 10.7 Å². The summed E-state index contributed by atoms with van der Waals surface area (Å²) in [6.45, 7) is 1.90. The van der Waals surface area contributed by atoms with Gasteiger partial charge in [0, 0.05) is 5.56 Å². The topological polar surface area (TPSA) is 71.8 Å². The molecule has 0 radical (unpaired) electrons. The summed E-state index contributed by atoms with van der Waals surface area (Å²) in [5, 5.41) is 0. The molecule has 4 nitrogen and oxygen atoms in total. The number of hydrogen-bond donors (Lipinski definition) is 2. The Labute approximate surface area is 74.8 Å². The number of aromatic amines is 1. The van der Waals surface area contributed by atoms with Gasteiger partial charge in [-0.1, -0.05) is 0 Å². The quantitative estimate of drug-likeness (QED) is 0.677. The maximum absolute atomic E-state index is 10.9. The molecule has 0 aliphatic carbocycles. The Morgan fingerprint density at radius 1 is 1.54 bits per heavy atom. The van der Waals surface area contributed by atoms with Crippen molar-refractivity contribution in [2.75, 3.05) is 0 Å². The van der Waals surface area contributed by atoms with E-state index in [9.17, 15) is 4.79 Å². The van der Waals surface area contributed by atoms with Gasteiger partial charge >= 0.3 is 0 Å². The maximum atomic E-state index is 10.9. The van der Waals surface area contributed by atoms with E-state index in [0.717, 1.165) is 16.6 Å². The number of hydrogen-bond acceptors (Lipinski definition) is 2. The molecule has 0 atom stereocenters. The third kappa shape index (κ3) is 1.16. The van der Waals surface area contributed by atoms with Gasteiger partial charge in [-0.25, -0.2) is 4.98 Å². The lowest BCUT2D eigenvalue weighted by Crippen LogP contribution is -2.10. The van der Waals surface area contributed by atoms with Crippen molar-refractivity contribution in [3.05, 3.63) is 29.6 Å². The predicted octanol–water partition coefficient (Wildman–Crippen LogP) is 0.970. The first-order valence-corrected chi connectivity index (χ1v) is 3.92. The van der Waals surface area contributed by atoms with Crippen LogP contribution in [0.1, 0.15) is 15.9 Å². The molecule has 0 bridgehead atoms. The van der Waals surface area contributed by atoms with E-state index in [1.54, 1.807) is 18.5 Å². The summed E-state index contributed by atoms with van der Waals surface area (Å²) in [4.78, 5) is 18.0. The molecule has 2 rings (SSSR count). The molecule has 0 saturated heterocycles. The standard InChI is InChI=1S/C9H9N3O/c1-5-2-6(9(10)13)3-7-8(5)12-4-11-7/h2-4H,1H3,(H2,10,13)(H,11,12). The smallest absolute Gasteiger partial charge is 0.248 e. The van der Waals surface area contributed by atoms with Gasteiger partial charge in [-0.2, -0.15) is 0 Å². The van der Waals surface area contributed by atoms with Crippen LogP contribution in [0.3, 0.4) is 0 Å². The Hall–Kier alpha value is -1.84. The Morgan fingerprint density at radius 3 is 3.00 bits per heavy atom. The average Bonchev–Trinajstić information content (AvgIpc) is 2.51. The van der Waals surface area contributed by atoms with Crippen LogP contribution in [-0.2, 0) is 0 Å². The largest absolute Gasteiger partial charge is 0.366 e. The Kier molecular flexibility index (Phi) is 1.55. The number of carbonyl (C=O) groups excluding carboxylic acids is 1. The third-order valence-electron chi connectivity index (χ3n) is 2.00. The van der Waals surface area contributed by atoms with E-state index in [4.69, 9.17) is 5.73 Å². The number of aromatic nitrogens is 2. The molecule has 3 N–H and O–H groups in total. The van der Waals surface area contributed by atoms with Crippen molar-refractivity contribution in [1.29, 1.82) is 0 Å². The molecule has 0 aliphatic heterocycles. The van der Waals surface area contributed by atoms with Crippen LogP contribution in [0.4, 0.5) is 0 Å². The number of nitrogens with zero attached hydrogens (tertiary/aromatic N) is 1. The van der Waals surface area contributed by atoms with E-state index in [0.29, 0.717) is 5.56 Å². The highest BCUT2D eigenvalue weighted by Crippen LogP contribution is 2.16. The summed E-state index contributed by atoms with van der Waals surface area (Å²) >= 11 is 0. The molecule has 13 heavy (non-hydrogen) atoms. The summed E-state index contributed by atoms with van der Waals surface area (Å²) in [7, 11) is 0. The van der Waals surface area contributed by atoms with E-state index in [2.05, 4.69) is 9.97 Å². The SMILES string of the molecule is Cc1cc(C(N)=O)cc2[nH]cnc12. The minimum absolute atomic E-state index is 0.417. The molecular formula is C9H9N3O. The summed E-state index contributed by atoms with van der Waals surface area (Å²) in [6.07, 6.45) is 1.60. The summed E-state index contributed by atoms with van der Waals surface area (Å²) < 4.78 is 0. The zero-order valence-corrected chi connectivity index (χ0v) is 7.16. The normalized spacial score (nSPS) is 10.5. The molecule has 0 saturated carbocycles. The average molecular weight is 175 g/mol. The van der Waals surface area contributed by atoms with E-state index >= 15 is 0 Å². The number of imidazole rings is 1. The van der Waals surface area contributed by atoms with Gasteiger partial charge in [0.05, 0.1) is 17.4 Å². The molecule has 0 aliphatic rings. The molecule has 4 heteroatoms. The van der Waals surface area contributed by atoms with Crippen molar-refractivity contribution in [3.8, 4) is 0 Å². The van der Waals surface area contributed by atoms with Crippen molar-refractivity contribution in [3.63, 3.8) is 0 Å². The number of nitrogens with two attached hydrogens (primary N) is 1. The second kappa shape index (κ2) is 2.58. The lowest BCUT2D eigenvalue weighted by Gasteiger charge is -1.98. The first-order chi connectivity index (χ1) is 6.18. The molecule has 0 spiro atoms. The lowest BCUT2D eigenvalue weighted by atomic mass is 10.1. The van der Waals surface area contributed by atoms with Gasteiger partial charge in [0.25, 0.3) is 0 Å². The lowest BCUT2D eigenvalue weighted by molar-refractivity contribution is 0.100. The van der Waals surface area contributed by atoms with E-state index < -0.39 is 5.91 Å². The molecule has 1 aromatic carbocycles. The van der Waals surface area contributed by atoms with Crippen LogP contribution >= 0.6 is 0 Å². The molecule has 1 heterocycles. The molecule has 0 fully saturated rings. The van der Waals surface area contributed by atoms with Crippen molar-refractivity contribution < 1.29 is 4.79 Å². The van der Waals surface area contributed by atoms with E-state index in [-0.39, 0.29) is 0 Å². The van der Waals surface area contributed by atoms with Crippen molar-refractivity contribution in [2.45, 2.75) is 6.92 Å². The van der Waals surface area contributed by atoms with Gasteiger partial charge in [-0.3, -0.25) is 4.79 Å². The van der Waals surface area contributed by atoms with Gasteiger partial charge in [0.2, 0.25) is 5.91 Å². The number of aryl methyl sites for hydroxylation is 1. The number of benzene rings is 1. The number of carbonyl (C=O) groups is 1. The van der Waals surface area contributed by atoms with Crippen LogP contribution in [0.25, 0.3) is 11.0 Å². The third-order valence-corrected chi connectivity index (χ3v) is 2.00. The summed E-state index contributed by atoms with van der Waals surface area (Å²) in [5.74, 6) is -0.417. The monoisotopic (exact) mass is 175 g/mol. The van der Waals surface area contributed by atoms with Crippen LogP contribution in [-0.4, -0.2) is 15.9 Å². The van der Waals surface area contributed by atoms with Gasteiger partial charge in [-0.15, -0.1) is 0 Å². The number of primary amides is 1. The number of amides is 1. The fourth-order valence-corrected chi connectivity index (χ4v) is 1.37. The van der Waals surface area contributed by atoms with Crippen LogP contribution in [0.15, 0.2) is 18.5 Å². The molecule has 1 aromatic heterocycles. The van der Waals surface area contributed by atoms with Crippen LogP contribution in [0.2, 0.25) is 0 Å². The van der Waals surface area contributed by atoms with E-state index in [1.165, 1.54) is 0 Å². The minimum atomic E-state index is -0.417. The number of fused-ring (bicyclic) bond motifs is 1. The highest BCUT2D eigenvalue weighted by molar-refractivity contribution is 5.97. The number of H-pyrrole nitrogens is 1. The fourth-order valence-electron chi connectivity index (χ4n) is 1.37. The van der Waals surface area contributed by atoms with Crippen LogP contribution < -0.4 is 5.73 Å². The summed E-state index contributed by atoms with van der Waals surface area (Å²) in [6, 6.07) is 3.45. The Bertz CT molecular complexity index is 473. The van der Waals surface area contributed by atoms with E-state index in [1.807, 2.05) is 6.92 Å². The highest BCUT2D eigenvalue weighted by atomic mass is 16.1. The molecule has 2 aromatic rings. The molecule has 1 amide bonds. The van der Waals surface area contributed by atoms with Crippen molar-refractivity contribution >= 4 is 16.9 Å². The predicted molar refractivity (Wildman–Crippen MR) is 49.3 cm³/mol. The molecule has 0 unspecified atom stereocenters. The fraction of sp³-hybridized carbons (Fsp3) is 0.111. The minimum Gasteiger partial charge on any atom is -0.366 e. The second-order valence-corrected chi connectivity index (χ2v) is 2.96. The second-order valence-electron chi connectivity index (χ2n) is 2.96. The number of rotatable bonds is 1. The van der Waals surface area contributed by atoms with Gasteiger partial charge in [0.15, 0.2) is 0 Å². The van der Waals surface area contributed by atoms with Crippen LogP contribution in [0.5, 0.6) is 0 Å². The Balaban J connectivity index is 2.77. The van der Waals surface area contributed by atoms with Crippen molar-refractivity contribution in [1.82, 2.24) is 9.97 Å². The number of nitrogens with one attached hydrogen (secondary N) is 1. The first-order valence-electron chi connectivity index (χ1n) is 3.92. The molecular weight excluding hydrogens is 166 g/mol. The Morgan fingerprint density at radius 2 is 2.31 bits per heavy atom. The van der Waals surface area contributed by atoms with Crippen molar-refractivity contribution in [2.24, 2.45) is 5.73 Å². The maximum Gasteiger partial charge on any atom is 0.248 e. The van der Waals surface area contributed by atoms with Crippen LogP contribution in [0, 0.1) is 6.92 Å². The highest BCUT2D eigenvalue weighted by Gasteiger charge is 2.05. The molecule has 66 valence electrons. The van der Waals surface area contributed by atoms with Gasteiger partial charge in [0.1, 0.15) is 0 Å². The zero-order valence-electron chi connectivity index (χ0n) is 7.16.